The van der Waals surface area contributed by atoms with Crippen molar-refractivity contribution >= 4 is 17.5 Å². The molecule has 2 fully saturated rings. The fourth-order valence-electron chi connectivity index (χ4n) is 3.77. The third-order valence-corrected chi connectivity index (χ3v) is 5.31. The first-order chi connectivity index (χ1) is 12.6. The van der Waals surface area contributed by atoms with E-state index in [0.717, 1.165) is 61.8 Å². The molecule has 0 unspecified atom stereocenters. The molecule has 0 spiro atoms. The van der Waals surface area contributed by atoms with E-state index in [0.29, 0.717) is 11.9 Å². The van der Waals surface area contributed by atoms with E-state index in [9.17, 15) is 5.26 Å². The Morgan fingerprint density at radius 1 is 1.04 bits per heavy atom. The van der Waals surface area contributed by atoms with Gasteiger partial charge in [-0.05, 0) is 25.0 Å². The third-order valence-electron chi connectivity index (χ3n) is 5.31. The second-order valence-corrected chi connectivity index (χ2v) is 7.04. The summed E-state index contributed by atoms with van der Waals surface area (Å²) in [5.74, 6) is 1.62. The summed E-state index contributed by atoms with van der Waals surface area (Å²) >= 11 is 0. The summed E-state index contributed by atoms with van der Waals surface area (Å²) in [6, 6.07) is 12.4. The molecule has 1 saturated carbocycles. The summed E-state index contributed by atoms with van der Waals surface area (Å²) < 4.78 is 0. The maximum Gasteiger partial charge on any atom is 0.222 e. The number of para-hydroxylation sites is 1. The van der Waals surface area contributed by atoms with Crippen LogP contribution in [0.5, 0.6) is 0 Å². The first-order valence-corrected chi connectivity index (χ1v) is 9.03. The Kier molecular flexibility index (Phi) is 4.35. The monoisotopic (exact) mass is 349 g/mol. The van der Waals surface area contributed by atoms with Gasteiger partial charge in [-0.15, -0.1) is 0 Å². The van der Waals surface area contributed by atoms with E-state index in [2.05, 4.69) is 31.9 Å². The van der Waals surface area contributed by atoms with Crippen molar-refractivity contribution in [3.8, 4) is 6.07 Å². The second kappa shape index (κ2) is 6.81. The summed E-state index contributed by atoms with van der Waals surface area (Å²) in [6.45, 7) is 3.35. The first kappa shape index (κ1) is 16.6. The number of nitrogen functional groups attached to an aromatic ring is 1. The topological polar surface area (TPSA) is 108 Å². The van der Waals surface area contributed by atoms with Crippen molar-refractivity contribution in [2.24, 2.45) is 5.73 Å². The summed E-state index contributed by atoms with van der Waals surface area (Å²) in [5, 5.41) is 9.31. The Morgan fingerprint density at radius 2 is 1.73 bits per heavy atom. The van der Waals surface area contributed by atoms with Crippen LogP contribution < -0.4 is 21.3 Å². The van der Waals surface area contributed by atoms with E-state index in [1.54, 1.807) is 0 Å². The average molecular weight is 349 g/mol. The lowest BCUT2D eigenvalue weighted by atomic mass is 9.78. The second-order valence-electron chi connectivity index (χ2n) is 7.04. The molecule has 1 aromatic heterocycles. The van der Waals surface area contributed by atoms with E-state index in [-0.39, 0.29) is 6.04 Å². The summed E-state index contributed by atoms with van der Waals surface area (Å²) in [4.78, 5) is 13.3. The average Bonchev–Trinajstić information content (AvgIpc) is 2.65. The van der Waals surface area contributed by atoms with Crippen molar-refractivity contribution in [2.45, 2.75) is 24.8 Å². The molecule has 1 aliphatic heterocycles. The molecule has 4 N–H and O–H groups in total. The first-order valence-electron chi connectivity index (χ1n) is 9.03. The molecule has 0 radical (unpaired) electrons. The highest BCUT2D eigenvalue weighted by molar-refractivity contribution is 5.60. The summed E-state index contributed by atoms with van der Waals surface area (Å²) in [6.07, 6.45) is 1.93. The predicted molar refractivity (Wildman–Crippen MR) is 102 cm³/mol. The van der Waals surface area contributed by atoms with Crippen molar-refractivity contribution in [1.82, 2.24) is 9.97 Å². The van der Waals surface area contributed by atoms with Crippen LogP contribution in [0.15, 0.2) is 30.3 Å². The maximum atomic E-state index is 9.31. The van der Waals surface area contributed by atoms with Gasteiger partial charge >= 0.3 is 0 Å². The van der Waals surface area contributed by atoms with Gasteiger partial charge in [0.2, 0.25) is 5.95 Å². The largest absolute Gasteiger partial charge is 0.368 e. The van der Waals surface area contributed by atoms with Gasteiger partial charge in [0.25, 0.3) is 0 Å². The molecule has 2 heterocycles. The number of aromatic nitrogens is 2. The van der Waals surface area contributed by atoms with Crippen LogP contribution in [0, 0.1) is 11.3 Å². The zero-order chi connectivity index (χ0) is 18.1. The molecule has 1 aromatic carbocycles. The van der Waals surface area contributed by atoms with E-state index in [1.165, 1.54) is 0 Å². The lowest BCUT2D eigenvalue weighted by Gasteiger charge is -2.37. The van der Waals surface area contributed by atoms with E-state index < -0.39 is 0 Å². The van der Waals surface area contributed by atoms with Gasteiger partial charge < -0.3 is 21.3 Å². The number of piperazine rings is 1. The minimum Gasteiger partial charge on any atom is -0.368 e. The number of nitrogens with zero attached hydrogens (tertiary/aromatic N) is 5. The van der Waals surface area contributed by atoms with Gasteiger partial charge in [0.05, 0.1) is 16.9 Å². The molecule has 1 saturated heterocycles. The fourth-order valence-corrected chi connectivity index (χ4v) is 3.77. The zero-order valence-corrected chi connectivity index (χ0v) is 14.7. The quantitative estimate of drug-likeness (QED) is 0.863. The Bertz CT molecular complexity index is 830. The van der Waals surface area contributed by atoms with Gasteiger partial charge in [-0.2, -0.15) is 10.2 Å². The van der Waals surface area contributed by atoms with Gasteiger partial charge in [0, 0.05) is 44.2 Å². The lowest BCUT2D eigenvalue weighted by molar-refractivity contribution is 0.345. The molecule has 0 atom stereocenters. The highest BCUT2D eigenvalue weighted by Crippen LogP contribution is 2.36. The van der Waals surface area contributed by atoms with Crippen LogP contribution in [0.4, 0.5) is 17.5 Å². The number of anilines is 3. The third kappa shape index (κ3) is 3.16. The van der Waals surface area contributed by atoms with Crippen LogP contribution in [-0.4, -0.2) is 42.2 Å². The molecule has 26 heavy (non-hydrogen) atoms. The van der Waals surface area contributed by atoms with Crippen molar-refractivity contribution in [3.63, 3.8) is 0 Å². The number of hydrogen-bond acceptors (Lipinski definition) is 7. The molecule has 2 aliphatic rings. The zero-order valence-electron chi connectivity index (χ0n) is 14.7. The molecule has 0 amide bonds. The van der Waals surface area contributed by atoms with Crippen LogP contribution >= 0.6 is 0 Å². The molecule has 134 valence electrons. The van der Waals surface area contributed by atoms with Crippen LogP contribution in [0.2, 0.25) is 0 Å². The Labute approximate surface area is 153 Å². The number of nitrogens with two attached hydrogens (primary N) is 2. The Hall–Kier alpha value is -2.85. The normalized spacial score (nSPS) is 22.6. The summed E-state index contributed by atoms with van der Waals surface area (Å²) in [5.41, 5.74) is 14.6. The molecular formula is C19H23N7. The number of rotatable bonds is 3. The van der Waals surface area contributed by atoms with Gasteiger partial charge in [-0.3, -0.25) is 0 Å². The molecule has 0 bridgehead atoms. The van der Waals surface area contributed by atoms with E-state index in [1.807, 2.05) is 24.3 Å². The molecular weight excluding hydrogens is 326 g/mol. The minimum atomic E-state index is 0.281. The SMILES string of the molecule is N#Cc1ccccc1N1CCN(c2cc(C3CC(N)C3)nc(N)n2)CC1. The van der Waals surface area contributed by atoms with Gasteiger partial charge in [-0.1, -0.05) is 12.1 Å². The van der Waals surface area contributed by atoms with Crippen LogP contribution in [-0.2, 0) is 0 Å². The molecule has 7 nitrogen and oxygen atoms in total. The van der Waals surface area contributed by atoms with Crippen LogP contribution in [0.1, 0.15) is 30.0 Å². The fraction of sp³-hybridized carbons (Fsp3) is 0.421. The smallest absolute Gasteiger partial charge is 0.222 e. The maximum absolute atomic E-state index is 9.31. The van der Waals surface area contributed by atoms with Crippen LogP contribution in [0.3, 0.4) is 0 Å². The van der Waals surface area contributed by atoms with Gasteiger partial charge in [0.15, 0.2) is 0 Å². The molecule has 2 aromatic rings. The predicted octanol–water partition coefficient (Wildman–Crippen LogP) is 1.46. The van der Waals surface area contributed by atoms with Crippen LogP contribution in [0.25, 0.3) is 0 Å². The van der Waals surface area contributed by atoms with E-state index in [4.69, 9.17) is 11.5 Å². The standard InChI is InChI=1S/C19H23N7/c20-12-13-3-1-2-4-17(13)25-5-7-26(8-6-25)18-11-16(23-19(22)24-18)14-9-15(21)10-14/h1-4,11,14-15H,5-10,21H2,(H2,22,23,24). The van der Waals surface area contributed by atoms with Crippen molar-refractivity contribution in [1.29, 1.82) is 5.26 Å². The van der Waals surface area contributed by atoms with Crippen molar-refractivity contribution < 1.29 is 0 Å². The van der Waals surface area contributed by atoms with Gasteiger partial charge in [0.1, 0.15) is 11.9 Å². The van der Waals surface area contributed by atoms with Crippen molar-refractivity contribution in [3.05, 3.63) is 41.6 Å². The number of hydrogen-bond donors (Lipinski definition) is 2. The molecule has 7 heteroatoms. The highest BCUT2D eigenvalue weighted by Gasteiger charge is 2.30. The minimum absolute atomic E-state index is 0.281. The highest BCUT2D eigenvalue weighted by atomic mass is 15.3. The van der Waals surface area contributed by atoms with E-state index >= 15 is 0 Å². The molecule has 4 rings (SSSR count). The number of benzene rings is 1. The Morgan fingerprint density at radius 3 is 2.42 bits per heavy atom. The lowest BCUT2D eigenvalue weighted by Crippen LogP contribution is -2.47. The number of nitriles is 1. The van der Waals surface area contributed by atoms with Gasteiger partial charge in [-0.25, -0.2) is 4.98 Å². The Balaban J connectivity index is 1.47. The van der Waals surface area contributed by atoms with Crippen molar-refractivity contribution in [2.75, 3.05) is 41.7 Å². The summed E-state index contributed by atoms with van der Waals surface area (Å²) in [7, 11) is 0. The molecule has 1 aliphatic carbocycles.